The normalized spacial score (nSPS) is 13.5. The second-order valence-electron chi connectivity index (χ2n) is 4.87. The molecule has 1 N–H and O–H groups in total. The maximum atomic E-state index is 13.1. The number of carbonyl (C=O) groups is 1. The number of rotatable bonds is 3. The van der Waals surface area contributed by atoms with Crippen LogP contribution in [-0.4, -0.2) is 30.7 Å². The first kappa shape index (κ1) is 17.8. The molecule has 1 aliphatic carbocycles. The van der Waals surface area contributed by atoms with E-state index in [1.807, 2.05) is 6.08 Å². The topological polar surface area (TPSA) is 74.8 Å². The highest BCUT2D eigenvalue weighted by Gasteiger charge is 2.27. The van der Waals surface area contributed by atoms with Gasteiger partial charge in [0.15, 0.2) is 4.77 Å². The smallest absolute Gasteiger partial charge is 0.266 e. The summed E-state index contributed by atoms with van der Waals surface area (Å²) in [4.78, 5) is 29.7. The van der Waals surface area contributed by atoms with Crippen LogP contribution in [0.15, 0.2) is 42.3 Å². The summed E-state index contributed by atoms with van der Waals surface area (Å²) in [5, 5.41) is 0.406. The third-order valence-electron chi connectivity index (χ3n) is 3.21. The Morgan fingerprint density at radius 2 is 2.00 bits per heavy atom. The molecule has 0 atom stereocenters. The average Bonchev–Trinajstić information content (AvgIpc) is 2.54. The van der Waals surface area contributed by atoms with E-state index in [0.29, 0.717) is 16.9 Å². The van der Waals surface area contributed by atoms with E-state index in [4.69, 9.17) is 47.6 Å². The third-order valence-corrected chi connectivity index (χ3v) is 4.20. The predicted molar refractivity (Wildman–Crippen MR) is 103 cm³/mol. The fourth-order valence-corrected chi connectivity index (χ4v) is 3.00. The molecule has 1 amide bonds. The Morgan fingerprint density at radius 3 is 2.68 bits per heavy atom. The van der Waals surface area contributed by atoms with Crippen LogP contribution in [0.4, 0.5) is 11.6 Å². The van der Waals surface area contributed by atoms with Crippen molar-refractivity contribution < 1.29 is 4.79 Å². The molecular weight excluding hydrogens is 401 g/mol. The summed E-state index contributed by atoms with van der Waals surface area (Å²) in [6.45, 7) is 0. The number of hydrogen-bond donors (Lipinski definition) is 1. The van der Waals surface area contributed by atoms with Gasteiger partial charge in [-0.2, -0.15) is 0 Å². The monoisotopic (exact) mass is 409 g/mol. The Balaban J connectivity index is 2.17. The van der Waals surface area contributed by atoms with Crippen LogP contribution < -0.4 is 4.90 Å². The van der Waals surface area contributed by atoms with E-state index >= 15 is 0 Å². The number of carbonyl (C=O) groups excluding carboxylic acids is 1. The van der Waals surface area contributed by atoms with Gasteiger partial charge >= 0.3 is 0 Å². The first-order chi connectivity index (χ1) is 12.0. The number of aromatic amines is 1. The fraction of sp³-hybridized carbons (Fsp3) is 0.0667. The van der Waals surface area contributed by atoms with Gasteiger partial charge in [0.2, 0.25) is 0 Å². The molecule has 2 aromatic heterocycles. The number of nitrogens with one attached hydrogen (secondary N) is 1. The van der Waals surface area contributed by atoms with Gasteiger partial charge in [0.05, 0.1) is 5.57 Å². The van der Waals surface area contributed by atoms with Crippen molar-refractivity contribution in [1.29, 1.82) is 0 Å². The number of halogens is 2. The molecule has 0 saturated heterocycles. The second kappa shape index (κ2) is 7.49. The average molecular weight is 410 g/mol. The lowest BCUT2D eigenvalue weighted by Gasteiger charge is -2.23. The van der Waals surface area contributed by atoms with Crippen molar-refractivity contribution in [3.63, 3.8) is 0 Å². The number of thiocarbonyl (C=S) groups is 1. The molecule has 10 heteroatoms. The Labute approximate surface area is 163 Å². The zero-order valence-electron chi connectivity index (χ0n) is 12.4. The first-order valence-corrected chi connectivity index (χ1v) is 8.52. The van der Waals surface area contributed by atoms with Crippen molar-refractivity contribution >= 4 is 70.0 Å². The molecule has 0 bridgehead atoms. The summed E-state index contributed by atoms with van der Waals surface area (Å²) in [5.74, 6) is 0.0208. The van der Waals surface area contributed by atoms with Gasteiger partial charge < -0.3 is 4.98 Å². The molecule has 1 aliphatic rings. The van der Waals surface area contributed by atoms with Crippen LogP contribution in [0.25, 0.3) is 0 Å². The van der Waals surface area contributed by atoms with Crippen LogP contribution >= 0.6 is 47.6 Å². The van der Waals surface area contributed by atoms with Crippen LogP contribution in [0.5, 0.6) is 0 Å². The summed E-state index contributed by atoms with van der Waals surface area (Å²) in [6, 6.07) is 2.91. The fourth-order valence-electron chi connectivity index (χ4n) is 2.16. The molecule has 126 valence electrons. The molecule has 0 fully saturated rings. The molecule has 2 aromatic rings. The van der Waals surface area contributed by atoms with Crippen LogP contribution in [-0.2, 0) is 4.79 Å². The Morgan fingerprint density at radius 1 is 1.20 bits per heavy atom. The van der Waals surface area contributed by atoms with Crippen molar-refractivity contribution in [2.45, 2.75) is 6.42 Å². The lowest BCUT2D eigenvalue weighted by molar-refractivity contribution is -0.114. The highest BCUT2D eigenvalue weighted by atomic mass is 35.5. The van der Waals surface area contributed by atoms with Gasteiger partial charge in [0.1, 0.15) is 28.3 Å². The minimum atomic E-state index is -0.409. The number of nitrogens with zero attached hydrogens (tertiary/aromatic N) is 4. The van der Waals surface area contributed by atoms with Gasteiger partial charge in [-0.15, -0.1) is 0 Å². The molecule has 3 rings (SSSR count). The number of hydrogen-bond acceptors (Lipinski definition) is 6. The van der Waals surface area contributed by atoms with Crippen molar-refractivity contribution in [2.24, 2.45) is 0 Å². The van der Waals surface area contributed by atoms with Crippen molar-refractivity contribution in [2.75, 3.05) is 4.90 Å². The summed E-state index contributed by atoms with van der Waals surface area (Å²) in [7, 11) is 0. The van der Waals surface area contributed by atoms with E-state index in [1.165, 1.54) is 23.4 Å². The van der Waals surface area contributed by atoms with E-state index in [-0.39, 0.29) is 26.7 Å². The van der Waals surface area contributed by atoms with Crippen LogP contribution in [0.1, 0.15) is 6.42 Å². The van der Waals surface area contributed by atoms with E-state index in [9.17, 15) is 4.79 Å². The Kier molecular flexibility index (Phi) is 5.33. The number of H-pyrrole nitrogens is 1. The van der Waals surface area contributed by atoms with E-state index in [2.05, 4.69) is 19.9 Å². The van der Waals surface area contributed by atoms with Crippen LogP contribution in [0.3, 0.4) is 0 Å². The zero-order valence-corrected chi connectivity index (χ0v) is 15.6. The Hall–Kier alpha value is -2.00. The molecule has 0 unspecified atom stereocenters. The second-order valence-corrected chi connectivity index (χ2v) is 6.54. The Bertz CT molecular complexity index is 986. The van der Waals surface area contributed by atoms with Gasteiger partial charge in [-0.3, -0.25) is 4.79 Å². The summed E-state index contributed by atoms with van der Waals surface area (Å²) in [5.41, 5.74) is 0.365. The third kappa shape index (κ3) is 3.98. The first-order valence-electron chi connectivity index (χ1n) is 6.94. The number of amides is 1. The maximum absolute atomic E-state index is 13.1. The van der Waals surface area contributed by atoms with Gasteiger partial charge in [0, 0.05) is 23.4 Å². The van der Waals surface area contributed by atoms with E-state index in [0.717, 1.165) is 0 Å². The molecule has 0 saturated carbocycles. The zero-order chi connectivity index (χ0) is 18.0. The standard InChI is InChI=1S/C15H9Cl2N5OS2/c16-10-5-12(19-7-18-10)22(13-6-11(17)20-15(25)21-13)14(23)8-3-1-2-4-9(8)24/h1-3,5-7H,4H2,(H,20,21,25). The molecule has 0 aromatic carbocycles. The highest BCUT2D eigenvalue weighted by molar-refractivity contribution is 7.81. The lowest BCUT2D eigenvalue weighted by Crippen LogP contribution is -2.32. The quantitative estimate of drug-likeness (QED) is 0.605. The maximum Gasteiger partial charge on any atom is 0.266 e. The van der Waals surface area contributed by atoms with E-state index < -0.39 is 5.91 Å². The van der Waals surface area contributed by atoms with Crippen molar-refractivity contribution in [1.82, 2.24) is 19.9 Å². The predicted octanol–water partition coefficient (Wildman–Crippen LogP) is 4.16. The summed E-state index contributed by atoms with van der Waals surface area (Å²) >= 11 is 22.3. The highest BCUT2D eigenvalue weighted by Crippen LogP contribution is 2.27. The molecular formula is C15H9Cl2N5OS2. The molecule has 6 nitrogen and oxygen atoms in total. The number of anilines is 2. The van der Waals surface area contributed by atoms with E-state index in [1.54, 1.807) is 12.2 Å². The minimum Gasteiger partial charge on any atom is -0.321 e. The van der Waals surface area contributed by atoms with Crippen molar-refractivity contribution in [3.8, 4) is 0 Å². The number of aromatic nitrogens is 4. The molecule has 0 spiro atoms. The van der Waals surface area contributed by atoms with Gasteiger partial charge in [0.25, 0.3) is 5.91 Å². The minimum absolute atomic E-state index is 0.126. The lowest BCUT2D eigenvalue weighted by atomic mass is 10.0. The van der Waals surface area contributed by atoms with Gasteiger partial charge in [-0.05, 0) is 18.3 Å². The van der Waals surface area contributed by atoms with Gasteiger partial charge in [-0.25, -0.2) is 19.9 Å². The van der Waals surface area contributed by atoms with Crippen molar-refractivity contribution in [3.05, 3.63) is 57.3 Å². The molecule has 0 radical (unpaired) electrons. The molecule has 2 heterocycles. The molecule has 25 heavy (non-hydrogen) atoms. The SMILES string of the molecule is O=C(C1=CC=CCC1=S)N(c1cc(Cl)ncn1)c1cc(Cl)[nH]c(=S)n1. The van der Waals surface area contributed by atoms with Crippen LogP contribution in [0, 0.1) is 4.77 Å². The largest absolute Gasteiger partial charge is 0.321 e. The number of allylic oxidation sites excluding steroid dienone is 3. The summed E-state index contributed by atoms with van der Waals surface area (Å²) < 4.78 is 0.126. The molecule has 0 aliphatic heterocycles. The summed E-state index contributed by atoms with van der Waals surface area (Å²) in [6.07, 6.45) is 7.05. The van der Waals surface area contributed by atoms with Gasteiger partial charge in [-0.1, -0.05) is 47.6 Å². The van der Waals surface area contributed by atoms with Crippen LogP contribution in [0.2, 0.25) is 10.3 Å².